The highest BCUT2D eigenvalue weighted by Crippen LogP contribution is 2.40. The molecule has 2 aromatic rings. The van der Waals surface area contributed by atoms with Crippen molar-refractivity contribution in [1.29, 1.82) is 0 Å². The van der Waals surface area contributed by atoms with E-state index in [1.54, 1.807) is 13.2 Å². The van der Waals surface area contributed by atoms with Crippen LogP contribution in [0, 0.1) is 0 Å². The normalized spacial score (nSPS) is 16.0. The van der Waals surface area contributed by atoms with Gasteiger partial charge in [0.25, 0.3) is 0 Å². The van der Waals surface area contributed by atoms with Crippen LogP contribution in [0.1, 0.15) is 43.9 Å². The van der Waals surface area contributed by atoms with Gasteiger partial charge in [0, 0.05) is 10.0 Å². The number of benzene rings is 2. The van der Waals surface area contributed by atoms with E-state index in [2.05, 4.69) is 33.5 Å². The minimum absolute atomic E-state index is 0.138. The highest BCUT2D eigenvalue weighted by atomic mass is 79.9. The van der Waals surface area contributed by atoms with E-state index in [0.29, 0.717) is 39.4 Å². The molecule has 0 bridgehead atoms. The van der Waals surface area contributed by atoms with Gasteiger partial charge in [0.15, 0.2) is 17.3 Å². The third kappa shape index (κ3) is 4.67. The molecule has 1 aliphatic rings. The van der Waals surface area contributed by atoms with Crippen LogP contribution in [0.25, 0.3) is 5.70 Å². The van der Waals surface area contributed by atoms with Crippen LogP contribution < -0.4 is 20.1 Å². The first kappa shape index (κ1) is 21.9. The van der Waals surface area contributed by atoms with Gasteiger partial charge in [0.1, 0.15) is 0 Å². The summed E-state index contributed by atoms with van der Waals surface area (Å²) >= 11 is 3.59. The molecule has 0 saturated carbocycles. The second-order valence-electron chi connectivity index (χ2n) is 6.97. The zero-order valence-electron chi connectivity index (χ0n) is 17.3. The summed E-state index contributed by atoms with van der Waals surface area (Å²) < 4.78 is 12.1. The molecular weight excluding hydrogens is 448 g/mol. The van der Waals surface area contributed by atoms with Crippen LogP contribution in [0.4, 0.5) is 4.79 Å². The van der Waals surface area contributed by atoms with Crippen LogP contribution in [0.15, 0.2) is 52.5 Å². The fraction of sp³-hybridized carbons (Fsp3) is 0.304. The number of carbonyl (C=O) groups is 2. The Morgan fingerprint density at radius 1 is 1.17 bits per heavy atom. The molecule has 0 radical (unpaired) electrons. The van der Waals surface area contributed by atoms with E-state index in [4.69, 9.17) is 9.47 Å². The molecule has 1 atom stereocenters. The van der Waals surface area contributed by atoms with Crippen molar-refractivity contribution in [3.8, 4) is 11.5 Å². The number of unbranched alkanes of at least 4 members (excludes halogenated alkanes) is 1. The number of amides is 2. The number of nitrogens with one attached hydrogen (secondary N) is 2. The molecule has 2 amide bonds. The van der Waals surface area contributed by atoms with Crippen molar-refractivity contribution in [2.45, 2.75) is 32.7 Å². The molecule has 6 nitrogen and oxygen atoms in total. The molecule has 7 heteroatoms. The van der Waals surface area contributed by atoms with E-state index in [1.807, 2.05) is 36.4 Å². The van der Waals surface area contributed by atoms with Crippen LogP contribution in [-0.4, -0.2) is 25.5 Å². The summed E-state index contributed by atoms with van der Waals surface area (Å²) in [5.74, 6) is 1.01. The summed E-state index contributed by atoms with van der Waals surface area (Å²) in [6.45, 7) is 4.18. The van der Waals surface area contributed by atoms with Crippen molar-refractivity contribution >= 4 is 33.4 Å². The lowest BCUT2D eigenvalue weighted by molar-refractivity contribution is -0.113. The van der Waals surface area contributed by atoms with Crippen molar-refractivity contribution in [1.82, 2.24) is 10.6 Å². The maximum absolute atomic E-state index is 12.7. The maximum Gasteiger partial charge on any atom is 0.320 e. The van der Waals surface area contributed by atoms with Crippen LogP contribution >= 0.6 is 15.9 Å². The molecule has 1 heterocycles. The Balaban J connectivity index is 2.10. The number of rotatable bonds is 8. The van der Waals surface area contributed by atoms with Gasteiger partial charge in [-0.05, 0) is 36.6 Å². The molecule has 0 fully saturated rings. The molecule has 2 N–H and O–H groups in total. The molecule has 158 valence electrons. The van der Waals surface area contributed by atoms with Crippen LogP contribution in [0.5, 0.6) is 11.5 Å². The molecular formula is C23H25BrN2O4. The van der Waals surface area contributed by atoms with Gasteiger partial charge in [-0.2, -0.15) is 0 Å². The Morgan fingerprint density at radius 3 is 2.53 bits per heavy atom. The Morgan fingerprint density at radius 2 is 1.90 bits per heavy atom. The summed E-state index contributed by atoms with van der Waals surface area (Å²) in [6, 6.07) is 11.9. The number of methoxy groups -OCH3 is 1. The maximum atomic E-state index is 12.7. The van der Waals surface area contributed by atoms with Crippen molar-refractivity contribution in [2.24, 2.45) is 0 Å². The zero-order chi connectivity index (χ0) is 21.7. The highest BCUT2D eigenvalue weighted by Gasteiger charge is 2.33. The third-order valence-electron chi connectivity index (χ3n) is 4.86. The summed E-state index contributed by atoms with van der Waals surface area (Å²) in [5.41, 5.74) is 2.46. The number of ketones is 1. The number of halogens is 1. The highest BCUT2D eigenvalue weighted by molar-refractivity contribution is 9.10. The lowest BCUT2D eigenvalue weighted by Crippen LogP contribution is -2.44. The number of urea groups is 1. The van der Waals surface area contributed by atoms with Gasteiger partial charge in [-0.1, -0.05) is 59.6 Å². The molecule has 2 aromatic carbocycles. The summed E-state index contributed by atoms with van der Waals surface area (Å²) in [5, 5.41) is 5.67. The number of ether oxygens (including phenoxy) is 2. The van der Waals surface area contributed by atoms with Gasteiger partial charge in [0.2, 0.25) is 0 Å². The standard InChI is InChI=1S/C23H25BrN2O4/c1-4-5-11-30-19-13-17(24)16(12-18(19)29-3)22-20(14(2)27)21(25-23(28)26-22)15-9-7-6-8-10-15/h6-10,12-13,22H,4-5,11H2,1-3H3,(H2,25,26,28). The first-order chi connectivity index (χ1) is 14.5. The van der Waals surface area contributed by atoms with Crippen LogP contribution in [-0.2, 0) is 4.79 Å². The van der Waals surface area contributed by atoms with Crippen LogP contribution in [0.3, 0.4) is 0 Å². The van der Waals surface area contributed by atoms with Gasteiger partial charge in [-0.3, -0.25) is 4.79 Å². The van der Waals surface area contributed by atoms with Crippen LogP contribution in [0.2, 0.25) is 0 Å². The third-order valence-corrected chi connectivity index (χ3v) is 5.55. The first-order valence-electron chi connectivity index (χ1n) is 9.84. The molecule has 0 spiro atoms. The summed E-state index contributed by atoms with van der Waals surface area (Å²) in [4.78, 5) is 25.1. The van der Waals surface area contributed by atoms with Crippen molar-refractivity contribution in [2.75, 3.05) is 13.7 Å². The first-order valence-corrected chi connectivity index (χ1v) is 10.6. The van der Waals surface area contributed by atoms with Gasteiger partial charge in [0.05, 0.1) is 25.5 Å². The summed E-state index contributed by atoms with van der Waals surface area (Å²) in [7, 11) is 1.57. The van der Waals surface area contributed by atoms with Crippen molar-refractivity contribution in [3.05, 3.63) is 63.6 Å². The molecule has 1 aliphatic heterocycles. The monoisotopic (exact) mass is 472 g/mol. The van der Waals surface area contributed by atoms with E-state index >= 15 is 0 Å². The molecule has 0 aliphatic carbocycles. The predicted molar refractivity (Wildman–Crippen MR) is 120 cm³/mol. The van der Waals surface area contributed by atoms with E-state index in [9.17, 15) is 9.59 Å². The number of Topliss-reactive ketones (excluding diaryl/α,β-unsaturated/α-hetero) is 1. The molecule has 30 heavy (non-hydrogen) atoms. The van der Waals surface area contributed by atoms with Crippen molar-refractivity contribution < 1.29 is 19.1 Å². The quantitative estimate of drug-likeness (QED) is 0.530. The molecule has 1 unspecified atom stereocenters. The van der Waals surface area contributed by atoms with E-state index in [-0.39, 0.29) is 11.8 Å². The fourth-order valence-electron chi connectivity index (χ4n) is 3.38. The van der Waals surface area contributed by atoms with E-state index in [1.165, 1.54) is 6.92 Å². The predicted octanol–water partition coefficient (Wildman–Crippen LogP) is 4.99. The second-order valence-corrected chi connectivity index (χ2v) is 7.82. The molecule has 3 rings (SSSR count). The minimum atomic E-state index is -0.639. The van der Waals surface area contributed by atoms with Gasteiger partial charge < -0.3 is 20.1 Å². The summed E-state index contributed by atoms with van der Waals surface area (Å²) in [6.07, 6.45) is 1.96. The fourth-order valence-corrected chi connectivity index (χ4v) is 3.93. The molecule has 0 saturated heterocycles. The smallest absolute Gasteiger partial charge is 0.320 e. The average Bonchev–Trinajstić information content (AvgIpc) is 2.74. The number of carbonyl (C=O) groups excluding carboxylic acids is 2. The average molecular weight is 473 g/mol. The van der Waals surface area contributed by atoms with Crippen molar-refractivity contribution in [3.63, 3.8) is 0 Å². The minimum Gasteiger partial charge on any atom is -0.493 e. The van der Waals surface area contributed by atoms with Gasteiger partial charge >= 0.3 is 6.03 Å². The largest absolute Gasteiger partial charge is 0.493 e. The number of hydrogen-bond donors (Lipinski definition) is 2. The zero-order valence-corrected chi connectivity index (χ0v) is 18.8. The second kappa shape index (κ2) is 9.80. The van der Waals surface area contributed by atoms with Gasteiger partial charge in [-0.15, -0.1) is 0 Å². The molecule has 0 aromatic heterocycles. The van der Waals surface area contributed by atoms with E-state index < -0.39 is 6.04 Å². The number of hydrogen-bond acceptors (Lipinski definition) is 4. The van der Waals surface area contributed by atoms with E-state index in [0.717, 1.165) is 18.4 Å². The Labute approximate surface area is 184 Å². The Bertz CT molecular complexity index is 973. The lowest BCUT2D eigenvalue weighted by atomic mass is 9.90. The Hall–Kier alpha value is -2.80. The topological polar surface area (TPSA) is 76.7 Å². The lowest BCUT2D eigenvalue weighted by Gasteiger charge is -2.30. The van der Waals surface area contributed by atoms with Gasteiger partial charge in [-0.25, -0.2) is 4.79 Å². The SMILES string of the molecule is CCCCOc1cc(Br)c(C2NC(=O)NC(c3ccccc3)=C2C(C)=O)cc1OC. The Kier molecular flexibility index (Phi) is 7.15.